The molecule has 1 aromatic carbocycles. The second-order valence-corrected chi connectivity index (χ2v) is 5.18. The minimum atomic E-state index is 0.746. The first-order valence-electron chi connectivity index (χ1n) is 6.25. The van der Waals surface area contributed by atoms with Crippen LogP contribution in [-0.2, 0) is 6.54 Å². The van der Waals surface area contributed by atoms with E-state index in [1.165, 1.54) is 5.56 Å². The van der Waals surface area contributed by atoms with Crippen LogP contribution in [0.4, 0.5) is 0 Å². The molecule has 0 amide bonds. The fourth-order valence-electron chi connectivity index (χ4n) is 2.26. The number of hydrogen-bond donors (Lipinski definition) is 1. The number of pyridine rings is 1. The predicted molar refractivity (Wildman–Crippen MR) is 79.9 cm³/mol. The van der Waals surface area contributed by atoms with E-state index in [1.807, 2.05) is 19.2 Å². The Balaban J connectivity index is 2.10. The summed E-state index contributed by atoms with van der Waals surface area (Å²) in [5.41, 5.74) is 5.66. The molecule has 2 heterocycles. The number of aromatic amines is 1. The average molecular weight is 269 g/mol. The predicted octanol–water partition coefficient (Wildman–Crippen LogP) is 3.76. The lowest BCUT2D eigenvalue weighted by Crippen LogP contribution is -2.00. The van der Waals surface area contributed by atoms with Gasteiger partial charge in [0.15, 0.2) is 4.77 Å². The van der Waals surface area contributed by atoms with Crippen molar-refractivity contribution in [2.24, 2.45) is 0 Å². The number of aromatic nitrogens is 3. The fourth-order valence-corrected chi connectivity index (χ4v) is 2.52. The molecule has 0 radical (unpaired) electrons. The van der Waals surface area contributed by atoms with Crippen LogP contribution in [0.5, 0.6) is 0 Å². The van der Waals surface area contributed by atoms with E-state index in [0.717, 1.165) is 33.6 Å². The molecule has 0 aliphatic rings. The number of hydrogen-bond acceptors (Lipinski definition) is 2. The van der Waals surface area contributed by atoms with E-state index in [9.17, 15) is 0 Å². The first-order valence-corrected chi connectivity index (χ1v) is 6.65. The van der Waals surface area contributed by atoms with Crippen molar-refractivity contribution in [2.75, 3.05) is 0 Å². The molecule has 0 bridgehead atoms. The lowest BCUT2D eigenvalue weighted by Gasteiger charge is -2.05. The third-order valence-electron chi connectivity index (χ3n) is 3.33. The maximum atomic E-state index is 5.42. The molecule has 3 rings (SSSR count). The summed E-state index contributed by atoms with van der Waals surface area (Å²) in [7, 11) is 0. The number of imidazole rings is 1. The second kappa shape index (κ2) is 4.63. The maximum Gasteiger partial charge on any atom is 0.178 e. The van der Waals surface area contributed by atoms with E-state index in [0.29, 0.717) is 0 Å². The van der Waals surface area contributed by atoms with Gasteiger partial charge in [0.05, 0.1) is 17.6 Å². The van der Waals surface area contributed by atoms with E-state index in [-0.39, 0.29) is 0 Å². The Morgan fingerprint density at radius 2 is 2.05 bits per heavy atom. The quantitative estimate of drug-likeness (QED) is 0.719. The molecule has 0 saturated carbocycles. The second-order valence-electron chi connectivity index (χ2n) is 4.79. The molecule has 96 valence electrons. The minimum Gasteiger partial charge on any atom is -0.330 e. The minimum absolute atomic E-state index is 0.746. The summed E-state index contributed by atoms with van der Waals surface area (Å²) in [6.07, 6.45) is 1.91. The first-order chi connectivity index (χ1) is 9.15. The van der Waals surface area contributed by atoms with Gasteiger partial charge >= 0.3 is 0 Å². The Labute approximate surface area is 116 Å². The largest absolute Gasteiger partial charge is 0.330 e. The molecule has 2 aromatic heterocycles. The number of nitrogens with zero attached hydrogens (tertiary/aromatic N) is 2. The summed E-state index contributed by atoms with van der Waals surface area (Å²) in [6.45, 7) is 4.82. The average Bonchev–Trinajstić information content (AvgIpc) is 2.71. The molecule has 3 aromatic rings. The molecule has 0 atom stereocenters. The van der Waals surface area contributed by atoms with Crippen molar-refractivity contribution in [3.05, 3.63) is 58.1 Å². The summed E-state index contributed by atoms with van der Waals surface area (Å²) in [4.78, 5) is 7.61. The zero-order valence-electron chi connectivity index (χ0n) is 11.0. The normalized spacial score (nSPS) is 11.1. The first kappa shape index (κ1) is 12.1. The SMILES string of the molecule is Cc1ccc(Cn2c(=S)[nH]c3c(C)cccc32)cn1. The lowest BCUT2D eigenvalue weighted by molar-refractivity contribution is 0.805. The van der Waals surface area contributed by atoms with Crippen LogP contribution in [0.1, 0.15) is 16.8 Å². The molecule has 0 saturated heterocycles. The van der Waals surface area contributed by atoms with Gasteiger partial charge in [-0.15, -0.1) is 0 Å². The summed E-state index contributed by atoms with van der Waals surface area (Å²) in [5, 5.41) is 0. The van der Waals surface area contributed by atoms with Gasteiger partial charge in [0.1, 0.15) is 0 Å². The summed E-state index contributed by atoms with van der Waals surface area (Å²) >= 11 is 5.42. The molecule has 4 heteroatoms. The van der Waals surface area contributed by atoms with E-state index in [4.69, 9.17) is 12.2 Å². The van der Waals surface area contributed by atoms with Gasteiger partial charge in [-0.1, -0.05) is 18.2 Å². The highest BCUT2D eigenvalue weighted by Gasteiger charge is 2.06. The highest BCUT2D eigenvalue weighted by Crippen LogP contribution is 2.19. The van der Waals surface area contributed by atoms with Gasteiger partial charge in [0, 0.05) is 11.9 Å². The van der Waals surface area contributed by atoms with Gasteiger partial charge in [0.25, 0.3) is 0 Å². The Bertz CT molecular complexity index is 781. The standard InChI is InChI=1S/C15H15N3S/c1-10-4-3-5-13-14(10)17-15(19)18(13)9-12-7-6-11(2)16-8-12/h3-8H,9H2,1-2H3,(H,17,19). The molecule has 0 spiro atoms. The van der Waals surface area contributed by atoms with E-state index >= 15 is 0 Å². The molecular formula is C15H15N3S. The highest BCUT2D eigenvalue weighted by atomic mass is 32.1. The van der Waals surface area contributed by atoms with Gasteiger partial charge in [-0.05, 0) is 49.3 Å². The van der Waals surface area contributed by atoms with Crippen molar-refractivity contribution in [3.8, 4) is 0 Å². The molecular weight excluding hydrogens is 254 g/mol. The molecule has 0 aliphatic carbocycles. The molecule has 19 heavy (non-hydrogen) atoms. The zero-order valence-corrected chi connectivity index (χ0v) is 11.8. The summed E-state index contributed by atoms with van der Waals surface area (Å²) in [5.74, 6) is 0. The summed E-state index contributed by atoms with van der Waals surface area (Å²) in [6, 6.07) is 10.4. The van der Waals surface area contributed by atoms with Gasteiger partial charge in [-0.2, -0.15) is 0 Å². The van der Waals surface area contributed by atoms with E-state index in [1.54, 1.807) is 0 Å². The van der Waals surface area contributed by atoms with Crippen molar-refractivity contribution in [3.63, 3.8) is 0 Å². The Morgan fingerprint density at radius 1 is 1.21 bits per heavy atom. The van der Waals surface area contributed by atoms with Crippen LogP contribution < -0.4 is 0 Å². The van der Waals surface area contributed by atoms with Gasteiger partial charge in [-0.3, -0.25) is 4.98 Å². The van der Waals surface area contributed by atoms with Crippen molar-refractivity contribution >= 4 is 23.3 Å². The number of rotatable bonds is 2. The Kier molecular flexibility index (Phi) is 2.95. The molecule has 0 aliphatic heterocycles. The zero-order chi connectivity index (χ0) is 13.4. The molecule has 1 N–H and O–H groups in total. The number of nitrogens with one attached hydrogen (secondary N) is 1. The Hall–Kier alpha value is -1.94. The van der Waals surface area contributed by atoms with Crippen LogP contribution in [0.25, 0.3) is 11.0 Å². The van der Waals surface area contributed by atoms with Crippen molar-refractivity contribution in [1.82, 2.24) is 14.5 Å². The van der Waals surface area contributed by atoms with Crippen LogP contribution in [0.3, 0.4) is 0 Å². The number of fused-ring (bicyclic) bond motifs is 1. The molecule has 0 unspecified atom stereocenters. The number of benzene rings is 1. The molecule has 3 nitrogen and oxygen atoms in total. The van der Waals surface area contributed by atoms with Crippen LogP contribution in [0, 0.1) is 18.6 Å². The fraction of sp³-hybridized carbons (Fsp3) is 0.200. The lowest BCUT2D eigenvalue weighted by atomic mass is 10.2. The molecule has 0 fully saturated rings. The topological polar surface area (TPSA) is 33.6 Å². The monoisotopic (exact) mass is 269 g/mol. The third kappa shape index (κ3) is 2.19. The Morgan fingerprint density at radius 3 is 2.79 bits per heavy atom. The van der Waals surface area contributed by atoms with Crippen molar-refractivity contribution in [2.45, 2.75) is 20.4 Å². The highest BCUT2D eigenvalue weighted by molar-refractivity contribution is 7.71. The maximum absolute atomic E-state index is 5.42. The van der Waals surface area contributed by atoms with Crippen LogP contribution in [0.15, 0.2) is 36.5 Å². The third-order valence-corrected chi connectivity index (χ3v) is 3.65. The van der Waals surface area contributed by atoms with Gasteiger partial charge < -0.3 is 9.55 Å². The summed E-state index contributed by atoms with van der Waals surface area (Å²) < 4.78 is 2.87. The van der Waals surface area contributed by atoms with E-state index < -0.39 is 0 Å². The van der Waals surface area contributed by atoms with Crippen LogP contribution >= 0.6 is 12.2 Å². The van der Waals surface area contributed by atoms with Gasteiger partial charge in [-0.25, -0.2) is 0 Å². The smallest absolute Gasteiger partial charge is 0.178 e. The van der Waals surface area contributed by atoms with Crippen LogP contribution in [-0.4, -0.2) is 14.5 Å². The van der Waals surface area contributed by atoms with Crippen LogP contribution in [0.2, 0.25) is 0 Å². The number of para-hydroxylation sites is 1. The number of H-pyrrole nitrogens is 1. The van der Waals surface area contributed by atoms with Crippen molar-refractivity contribution in [1.29, 1.82) is 0 Å². The van der Waals surface area contributed by atoms with E-state index in [2.05, 4.69) is 45.7 Å². The number of aryl methyl sites for hydroxylation is 2. The van der Waals surface area contributed by atoms with Crippen molar-refractivity contribution < 1.29 is 0 Å². The van der Waals surface area contributed by atoms with Gasteiger partial charge in [0.2, 0.25) is 0 Å².